The summed E-state index contributed by atoms with van der Waals surface area (Å²) in [4.78, 5) is 28.3. The van der Waals surface area contributed by atoms with Gasteiger partial charge in [0.25, 0.3) is 0 Å². The summed E-state index contributed by atoms with van der Waals surface area (Å²) < 4.78 is 5.31. The number of rotatable bonds is 3. The van der Waals surface area contributed by atoms with Crippen LogP contribution in [-0.2, 0) is 9.59 Å². The molecule has 6 nitrogen and oxygen atoms in total. The second kappa shape index (κ2) is 5.96. The lowest BCUT2D eigenvalue weighted by Gasteiger charge is -2.21. The molecule has 2 heterocycles. The second-order valence-electron chi connectivity index (χ2n) is 5.91. The first-order valence-electron chi connectivity index (χ1n) is 7.58. The van der Waals surface area contributed by atoms with Gasteiger partial charge in [-0.25, -0.2) is 0 Å². The van der Waals surface area contributed by atoms with Crippen LogP contribution in [0.25, 0.3) is 0 Å². The third-order valence-corrected chi connectivity index (χ3v) is 4.39. The predicted octanol–water partition coefficient (Wildman–Crippen LogP) is 0.608. The first-order valence-corrected chi connectivity index (χ1v) is 7.58. The molecule has 1 aromatic rings. The zero-order valence-corrected chi connectivity index (χ0v) is 12.7. The number of nitrogens with two attached hydrogens (primary N) is 1. The highest BCUT2D eigenvalue weighted by Gasteiger charge is 2.39. The molecule has 0 aromatic heterocycles. The molecule has 0 aliphatic carbocycles. The Hall–Kier alpha value is -2.08. The first-order chi connectivity index (χ1) is 10.6. The Labute approximate surface area is 129 Å². The third-order valence-electron chi connectivity index (χ3n) is 4.39. The van der Waals surface area contributed by atoms with Crippen LogP contribution in [-0.4, -0.2) is 49.5 Å². The SMILES string of the molecule is COc1ccccc1N1CC(C(=O)N2CC[C@@H](N)C2)CC1=O. The van der Waals surface area contributed by atoms with E-state index in [9.17, 15) is 9.59 Å². The van der Waals surface area contributed by atoms with Crippen molar-refractivity contribution in [2.45, 2.75) is 18.9 Å². The Balaban J connectivity index is 1.74. The molecule has 22 heavy (non-hydrogen) atoms. The maximum absolute atomic E-state index is 12.5. The fraction of sp³-hybridized carbons (Fsp3) is 0.500. The van der Waals surface area contributed by atoms with E-state index in [2.05, 4.69) is 0 Å². The van der Waals surface area contributed by atoms with Crippen LogP contribution in [0.5, 0.6) is 5.75 Å². The van der Waals surface area contributed by atoms with E-state index in [0.717, 1.165) is 12.1 Å². The minimum Gasteiger partial charge on any atom is -0.495 e. The fourth-order valence-electron chi connectivity index (χ4n) is 3.20. The van der Waals surface area contributed by atoms with E-state index < -0.39 is 0 Å². The lowest BCUT2D eigenvalue weighted by atomic mass is 10.1. The summed E-state index contributed by atoms with van der Waals surface area (Å²) in [5.74, 6) is 0.361. The number of para-hydroxylation sites is 2. The predicted molar refractivity (Wildman–Crippen MR) is 82.6 cm³/mol. The van der Waals surface area contributed by atoms with Crippen molar-refractivity contribution in [2.24, 2.45) is 11.7 Å². The second-order valence-corrected chi connectivity index (χ2v) is 5.91. The quantitative estimate of drug-likeness (QED) is 0.887. The molecular formula is C16H21N3O3. The zero-order chi connectivity index (χ0) is 15.7. The summed E-state index contributed by atoms with van der Waals surface area (Å²) in [5.41, 5.74) is 6.58. The first kappa shape index (κ1) is 14.8. The standard InChI is InChI=1S/C16H21N3O3/c1-22-14-5-3-2-4-13(14)19-9-11(8-15(19)20)16(21)18-7-6-12(17)10-18/h2-5,11-12H,6-10,17H2,1H3/t11?,12-/m1/s1. The molecule has 3 rings (SSSR count). The van der Waals surface area contributed by atoms with Crippen LogP contribution >= 0.6 is 0 Å². The number of hydrogen-bond donors (Lipinski definition) is 1. The lowest BCUT2D eigenvalue weighted by molar-refractivity contribution is -0.134. The van der Waals surface area contributed by atoms with Crippen LogP contribution in [0, 0.1) is 5.92 Å². The molecule has 0 bridgehead atoms. The molecule has 1 unspecified atom stereocenters. The molecule has 6 heteroatoms. The van der Waals surface area contributed by atoms with Crippen molar-refractivity contribution < 1.29 is 14.3 Å². The number of carbonyl (C=O) groups excluding carboxylic acids is 2. The third kappa shape index (κ3) is 2.66. The maximum atomic E-state index is 12.5. The monoisotopic (exact) mass is 303 g/mol. The highest BCUT2D eigenvalue weighted by atomic mass is 16.5. The van der Waals surface area contributed by atoms with Gasteiger partial charge in [0, 0.05) is 32.1 Å². The molecule has 2 amide bonds. The van der Waals surface area contributed by atoms with Gasteiger partial charge < -0.3 is 20.3 Å². The molecule has 118 valence electrons. The topological polar surface area (TPSA) is 75.9 Å². The van der Waals surface area contributed by atoms with Gasteiger partial charge in [-0.1, -0.05) is 12.1 Å². The van der Waals surface area contributed by atoms with Crippen LogP contribution in [0.3, 0.4) is 0 Å². The van der Waals surface area contributed by atoms with Gasteiger partial charge in [-0.3, -0.25) is 9.59 Å². The van der Waals surface area contributed by atoms with E-state index in [1.165, 1.54) is 0 Å². The summed E-state index contributed by atoms with van der Waals surface area (Å²) >= 11 is 0. The number of amides is 2. The number of methoxy groups -OCH3 is 1. The summed E-state index contributed by atoms with van der Waals surface area (Å²) in [6.45, 7) is 1.70. The number of nitrogens with zero attached hydrogens (tertiary/aromatic N) is 2. The molecule has 2 saturated heterocycles. The van der Waals surface area contributed by atoms with E-state index in [0.29, 0.717) is 25.4 Å². The molecule has 2 atom stereocenters. The maximum Gasteiger partial charge on any atom is 0.228 e. The lowest BCUT2D eigenvalue weighted by Crippen LogP contribution is -2.37. The Morgan fingerprint density at radius 3 is 2.77 bits per heavy atom. The van der Waals surface area contributed by atoms with Crippen LogP contribution < -0.4 is 15.4 Å². The van der Waals surface area contributed by atoms with Crippen molar-refractivity contribution in [3.05, 3.63) is 24.3 Å². The average molecular weight is 303 g/mol. The Bertz CT molecular complexity index is 590. The molecule has 2 aliphatic heterocycles. The van der Waals surface area contributed by atoms with Crippen molar-refractivity contribution in [2.75, 3.05) is 31.6 Å². The Kier molecular flexibility index (Phi) is 4.02. The molecule has 0 saturated carbocycles. The van der Waals surface area contributed by atoms with E-state index in [1.807, 2.05) is 24.3 Å². The van der Waals surface area contributed by atoms with E-state index >= 15 is 0 Å². The van der Waals surface area contributed by atoms with E-state index in [-0.39, 0.29) is 30.2 Å². The number of benzene rings is 1. The van der Waals surface area contributed by atoms with E-state index in [1.54, 1.807) is 16.9 Å². The molecule has 2 fully saturated rings. The number of likely N-dealkylation sites (tertiary alicyclic amines) is 1. The highest BCUT2D eigenvalue weighted by Crippen LogP contribution is 2.33. The van der Waals surface area contributed by atoms with Crippen LogP contribution in [0.1, 0.15) is 12.8 Å². The minimum absolute atomic E-state index is 0.0358. The van der Waals surface area contributed by atoms with Crippen molar-refractivity contribution in [3.8, 4) is 5.75 Å². The van der Waals surface area contributed by atoms with Gasteiger partial charge in [-0.05, 0) is 18.6 Å². The fourth-order valence-corrected chi connectivity index (χ4v) is 3.20. The summed E-state index contributed by atoms with van der Waals surface area (Å²) in [6.07, 6.45) is 1.09. The highest BCUT2D eigenvalue weighted by molar-refractivity contribution is 6.01. The van der Waals surface area contributed by atoms with E-state index in [4.69, 9.17) is 10.5 Å². The van der Waals surface area contributed by atoms with Crippen LogP contribution in [0.2, 0.25) is 0 Å². The molecule has 2 N–H and O–H groups in total. The van der Waals surface area contributed by atoms with Gasteiger partial charge in [0.15, 0.2) is 0 Å². The van der Waals surface area contributed by atoms with Crippen molar-refractivity contribution in [1.82, 2.24) is 4.90 Å². The normalized spacial score (nSPS) is 24.9. The van der Waals surface area contributed by atoms with Gasteiger partial charge in [0.2, 0.25) is 11.8 Å². The van der Waals surface area contributed by atoms with Crippen molar-refractivity contribution >= 4 is 17.5 Å². The Morgan fingerprint density at radius 2 is 2.09 bits per heavy atom. The van der Waals surface area contributed by atoms with Gasteiger partial charge in [0.1, 0.15) is 5.75 Å². The molecule has 0 spiro atoms. The molecular weight excluding hydrogens is 282 g/mol. The number of hydrogen-bond acceptors (Lipinski definition) is 4. The number of anilines is 1. The Morgan fingerprint density at radius 1 is 1.32 bits per heavy atom. The van der Waals surface area contributed by atoms with Gasteiger partial charge in [-0.2, -0.15) is 0 Å². The largest absolute Gasteiger partial charge is 0.495 e. The van der Waals surface area contributed by atoms with Crippen LogP contribution in [0.15, 0.2) is 24.3 Å². The van der Waals surface area contributed by atoms with Crippen molar-refractivity contribution in [1.29, 1.82) is 0 Å². The molecule has 2 aliphatic rings. The summed E-state index contributed by atoms with van der Waals surface area (Å²) in [7, 11) is 1.58. The summed E-state index contributed by atoms with van der Waals surface area (Å²) in [6, 6.07) is 7.44. The van der Waals surface area contributed by atoms with Crippen molar-refractivity contribution in [3.63, 3.8) is 0 Å². The average Bonchev–Trinajstić information content (AvgIpc) is 3.12. The zero-order valence-electron chi connectivity index (χ0n) is 12.7. The minimum atomic E-state index is -0.289. The van der Waals surface area contributed by atoms with Gasteiger partial charge in [0.05, 0.1) is 18.7 Å². The number of ether oxygens (including phenoxy) is 1. The molecule has 0 radical (unpaired) electrons. The van der Waals surface area contributed by atoms with Gasteiger partial charge >= 0.3 is 0 Å². The molecule has 1 aromatic carbocycles. The smallest absolute Gasteiger partial charge is 0.228 e. The van der Waals surface area contributed by atoms with Crippen LogP contribution in [0.4, 0.5) is 5.69 Å². The summed E-state index contributed by atoms with van der Waals surface area (Å²) in [5, 5.41) is 0. The number of carbonyl (C=O) groups is 2. The van der Waals surface area contributed by atoms with Gasteiger partial charge in [-0.15, -0.1) is 0 Å².